The maximum absolute atomic E-state index is 6.25. The van der Waals surface area contributed by atoms with Crippen molar-refractivity contribution in [2.45, 2.75) is 19.3 Å². The van der Waals surface area contributed by atoms with Gasteiger partial charge in [0.2, 0.25) is 0 Å². The average Bonchev–Trinajstić information content (AvgIpc) is 3.57. The maximum atomic E-state index is 6.25. The lowest BCUT2D eigenvalue weighted by atomic mass is 9.80. The van der Waals surface area contributed by atoms with Gasteiger partial charge in [0.25, 0.3) is 0 Å². The number of hydrogen-bond donors (Lipinski definition) is 0. The van der Waals surface area contributed by atoms with E-state index in [0.29, 0.717) is 0 Å². The molecule has 9 aromatic rings. The molecule has 0 saturated carbocycles. The van der Waals surface area contributed by atoms with Gasteiger partial charge >= 0.3 is 0 Å². The number of benzene rings is 8. The summed E-state index contributed by atoms with van der Waals surface area (Å²) in [7, 11) is 0. The zero-order chi connectivity index (χ0) is 30.6. The minimum absolute atomic E-state index is 0.0166. The van der Waals surface area contributed by atoms with Gasteiger partial charge in [-0.2, -0.15) is 0 Å². The van der Waals surface area contributed by atoms with Crippen LogP contribution in [0.5, 0.6) is 0 Å². The molecule has 0 N–H and O–H groups in total. The van der Waals surface area contributed by atoms with Crippen LogP contribution in [0, 0.1) is 0 Å². The summed E-state index contributed by atoms with van der Waals surface area (Å²) in [6.07, 6.45) is 0. The predicted octanol–water partition coefficient (Wildman–Crippen LogP) is 12.7. The number of rotatable bonds is 2. The van der Waals surface area contributed by atoms with Gasteiger partial charge in [-0.1, -0.05) is 117 Å². The van der Waals surface area contributed by atoms with E-state index in [1.54, 1.807) is 0 Å². The molecule has 8 aromatic carbocycles. The van der Waals surface area contributed by atoms with E-state index in [2.05, 4.69) is 159 Å². The Morgan fingerprint density at radius 3 is 1.74 bits per heavy atom. The summed E-state index contributed by atoms with van der Waals surface area (Å²) in [4.78, 5) is 0. The molecule has 0 spiro atoms. The standard InChI is InChI=1S/C45H30O/c1-45(2)41-10-6-5-9-37(41)38-19-16-35-23-33(15-18-36(35)44(38)45)31-12-11-30-22-32(14-13-29(30)21-31)34-17-20-42-39(25-34)40-24-27-7-3-4-8-28(27)26-43(40)46-42/h3-26H,1-2H3. The first-order valence-electron chi connectivity index (χ1n) is 16.1. The molecule has 1 aliphatic rings. The van der Waals surface area contributed by atoms with E-state index in [9.17, 15) is 0 Å². The van der Waals surface area contributed by atoms with Gasteiger partial charge in [0.1, 0.15) is 11.2 Å². The molecule has 1 aromatic heterocycles. The highest BCUT2D eigenvalue weighted by molar-refractivity contribution is 6.11. The van der Waals surface area contributed by atoms with Gasteiger partial charge in [-0.05, 0) is 119 Å². The second-order valence-corrected chi connectivity index (χ2v) is 13.4. The van der Waals surface area contributed by atoms with Crippen LogP contribution in [0.15, 0.2) is 150 Å². The van der Waals surface area contributed by atoms with E-state index < -0.39 is 0 Å². The maximum Gasteiger partial charge on any atom is 0.136 e. The van der Waals surface area contributed by atoms with Crippen LogP contribution in [0.1, 0.15) is 25.0 Å². The number of hydrogen-bond acceptors (Lipinski definition) is 1. The monoisotopic (exact) mass is 586 g/mol. The minimum Gasteiger partial charge on any atom is -0.456 e. The van der Waals surface area contributed by atoms with Crippen molar-refractivity contribution in [3.8, 4) is 33.4 Å². The molecule has 0 radical (unpaired) electrons. The Hall–Kier alpha value is -5.66. The molecular formula is C45H30O. The van der Waals surface area contributed by atoms with E-state index >= 15 is 0 Å². The molecule has 0 bridgehead atoms. The van der Waals surface area contributed by atoms with Gasteiger partial charge in [-0.3, -0.25) is 0 Å². The average molecular weight is 587 g/mol. The van der Waals surface area contributed by atoms with Crippen LogP contribution in [0.2, 0.25) is 0 Å². The molecule has 0 saturated heterocycles. The Morgan fingerprint density at radius 2 is 0.957 bits per heavy atom. The van der Waals surface area contributed by atoms with E-state index in [0.717, 1.165) is 21.9 Å². The number of furan rings is 1. The largest absolute Gasteiger partial charge is 0.456 e. The van der Waals surface area contributed by atoms with Crippen LogP contribution >= 0.6 is 0 Å². The molecule has 1 aliphatic carbocycles. The van der Waals surface area contributed by atoms with Crippen molar-refractivity contribution >= 4 is 54.3 Å². The summed E-state index contributed by atoms with van der Waals surface area (Å²) in [6, 6.07) is 53.6. The van der Waals surface area contributed by atoms with Crippen molar-refractivity contribution in [3.05, 3.63) is 157 Å². The molecule has 216 valence electrons. The van der Waals surface area contributed by atoms with Gasteiger partial charge in [-0.25, -0.2) is 0 Å². The summed E-state index contributed by atoms with van der Waals surface area (Å²) in [5, 5.41) is 9.87. The molecule has 1 heterocycles. The van der Waals surface area contributed by atoms with Crippen LogP contribution in [0.3, 0.4) is 0 Å². The highest BCUT2D eigenvalue weighted by atomic mass is 16.3. The van der Waals surface area contributed by atoms with E-state index in [1.165, 1.54) is 76.8 Å². The third-order valence-electron chi connectivity index (χ3n) is 10.4. The quantitative estimate of drug-likeness (QED) is 0.196. The number of fused-ring (bicyclic) bond motifs is 10. The zero-order valence-corrected chi connectivity index (χ0v) is 25.8. The van der Waals surface area contributed by atoms with Gasteiger partial charge in [0.05, 0.1) is 0 Å². The predicted molar refractivity (Wildman–Crippen MR) is 195 cm³/mol. The summed E-state index contributed by atoms with van der Waals surface area (Å²) >= 11 is 0. The normalized spacial score (nSPS) is 13.6. The molecule has 0 atom stereocenters. The second-order valence-electron chi connectivity index (χ2n) is 13.4. The lowest BCUT2D eigenvalue weighted by Gasteiger charge is -2.23. The molecule has 0 fully saturated rings. The Labute approximate surface area is 267 Å². The Morgan fingerprint density at radius 1 is 0.391 bits per heavy atom. The molecule has 0 amide bonds. The molecule has 0 aliphatic heterocycles. The van der Waals surface area contributed by atoms with Crippen LogP contribution < -0.4 is 0 Å². The first-order valence-corrected chi connectivity index (χ1v) is 16.1. The van der Waals surface area contributed by atoms with E-state index in [1.807, 2.05) is 0 Å². The van der Waals surface area contributed by atoms with Crippen LogP contribution in [-0.4, -0.2) is 0 Å². The fourth-order valence-electron chi connectivity index (χ4n) is 8.05. The topological polar surface area (TPSA) is 13.1 Å². The molecule has 1 heteroatoms. The zero-order valence-electron chi connectivity index (χ0n) is 25.8. The lowest BCUT2D eigenvalue weighted by Crippen LogP contribution is -2.15. The SMILES string of the molecule is CC1(C)c2ccccc2-c2ccc3cc(-c4ccc5cc(-c6ccc7oc8cc9ccccc9cc8c7c6)ccc5c4)ccc3c21. The van der Waals surface area contributed by atoms with Gasteiger partial charge in [-0.15, -0.1) is 0 Å². The van der Waals surface area contributed by atoms with Crippen LogP contribution in [0.25, 0.3) is 87.6 Å². The van der Waals surface area contributed by atoms with Crippen molar-refractivity contribution in [3.63, 3.8) is 0 Å². The molecule has 46 heavy (non-hydrogen) atoms. The smallest absolute Gasteiger partial charge is 0.136 e. The Bertz CT molecular complexity index is 2720. The highest BCUT2D eigenvalue weighted by Crippen LogP contribution is 2.51. The van der Waals surface area contributed by atoms with Gasteiger partial charge in [0, 0.05) is 16.2 Å². The minimum atomic E-state index is -0.0166. The van der Waals surface area contributed by atoms with Crippen molar-refractivity contribution in [1.29, 1.82) is 0 Å². The first kappa shape index (κ1) is 25.6. The van der Waals surface area contributed by atoms with Crippen molar-refractivity contribution in [1.82, 2.24) is 0 Å². The molecule has 1 nitrogen and oxygen atoms in total. The molecule has 10 rings (SSSR count). The summed E-state index contributed by atoms with van der Waals surface area (Å²) < 4.78 is 6.25. The van der Waals surface area contributed by atoms with Gasteiger partial charge in [0.15, 0.2) is 0 Å². The van der Waals surface area contributed by atoms with E-state index in [-0.39, 0.29) is 5.41 Å². The summed E-state index contributed by atoms with van der Waals surface area (Å²) in [6.45, 7) is 4.72. The molecule has 0 unspecified atom stereocenters. The van der Waals surface area contributed by atoms with Crippen LogP contribution in [0.4, 0.5) is 0 Å². The Kier molecular flexibility index (Phi) is 5.12. The van der Waals surface area contributed by atoms with Crippen molar-refractivity contribution in [2.24, 2.45) is 0 Å². The fourth-order valence-corrected chi connectivity index (χ4v) is 8.05. The summed E-state index contributed by atoms with van der Waals surface area (Å²) in [5.41, 5.74) is 12.3. The fraction of sp³-hybridized carbons (Fsp3) is 0.0667. The Balaban J connectivity index is 1.02. The third kappa shape index (κ3) is 3.63. The lowest BCUT2D eigenvalue weighted by molar-refractivity contribution is 0.666. The highest BCUT2D eigenvalue weighted by Gasteiger charge is 2.36. The van der Waals surface area contributed by atoms with E-state index in [4.69, 9.17) is 4.42 Å². The van der Waals surface area contributed by atoms with Crippen LogP contribution in [-0.2, 0) is 5.41 Å². The second kappa shape index (κ2) is 9.19. The summed E-state index contributed by atoms with van der Waals surface area (Å²) in [5.74, 6) is 0. The van der Waals surface area contributed by atoms with Gasteiger partial charge < -0.3 is 4.42 Å². The third-order valence-corrected chi connectivity index (χ3v) is 10.4. The van der Waals surface area contributed by atoms with Crippen molar-refractivity contribution < 1.29 is 4.42 Å². The van der Waals surface area contributed by atoms with Crippen molar-refractivity contribution in [2.75, 3.05) is 0 Å². The molecular weight excluding hydrogens is 556 g/mol. The first-order chi connectivity index (χ1) is 22.5.